The van der Waals surface area contributed by atoms with Crippen molar-refractivity contribution in [3.8, 4) is 11.3 Å². The van der Waals surface area contributed by atoms with Gasteiger partial charge in [-0.25, -0.2) is 0 Å². The van der Waals surface area contributed by atoms with E-state index in [2.05, 4.69) is 4.98 Å². The summed E-state index contributed by atoms with van der Waals surface area (Å²) in [6, 6.07) is 5.64. The molecule has 0 aliphatic heterocycles. The first kappa shape index (κ1) is 7.31. The highest BCUT2D eigenvalue weighted by molar-refractivity contribution is 7.71. The minimum absolute atomic E-state index is 0.824. The van der Waals surface area contributed by atoms with E-state index in [1.54, 1.807) is 12.5 Å². The number of hydrogen-bond donors (Lipinski definition) is 1. The molecule has 2 rings (SSSR count). The SMILES string of the molecule is S=c1cc[nH]c(-c2ccoc2)c1. The average molecular weight is 177 g/mol. The average Bonchev–Trinajstić information content (AvgIpc) is 2.56. The molecule has 60 valence electrons. The monoisotopic (exact) mass is 177 g/mol. The van der Waals surface area contributed by atoms with Crippen LogP contribution in [0.1, 0.15) is 0 Å². The molecule has 2 heterocycles. The van der Waals surface area contributed by atoms with Crippen LogP contribution in [0.15, 0.2) is 41.3 Å². The highest BCUT2D eigenvalue weighted by Gasteiger charge is 1.96. The van der Waals surface area contributed by atoms with Crippen LogP contribution in [0, 0.1) is 4.51 Å². The number of nitrogens with one attached hydrogen (secondary N) is 1. The van der Waals surface area contributed by atoms with Gasteiger partial charge in [0, 0.05) is 22.0 Å². The van der Waals surface area contributed by atoms with Crippen molar-refractivity contribution in [1.29, 1.82) is 0 Å². The number of pyridine rings is 1. The lowest BCUT2D eigenvalue weighted by atomic mass is 10.2. The predicted molar refractivity (Wildman–Crippen MR) is 49.3 cm³/mol. The van der Waals surface area contributed by atoms with Gasteiger partial charge in [0.05, 0.1) is 12.5 Å². The number of hydrogen-bond acceptors (Lipinski definition) is 2. The Balaban J connectivity index is 2.55. The number of furan rings is 1. The first-order valence-electron chi connectivity index (χ1n) is 3.57. The first-order chi connectivity index (χ1) is 5.86. The van der Waals surface area contributed by atoms with E-state index in [1.165, 1.54) is 0 Å². The van der Waals surface area contributed by atoms with Gasteiger partial charge < -0.3 is 9.40 Å². The van der Waals surface area contributed by atoms with Crippen LogP contribution in [-0.2, 0) is 0 Å². The summed E-state index contributed by atoms with van der Waals surface area (Å²) < 4.78 is 5.78. The van der Waals surface area contributed by atoms with Crippen molar-refractivity contribution in [3.05, 3.63) is 41.4 Å². The standard InChI is InChI=1S/C9H7NOS/c12-8-1-3-10-9(5-8)7-2-4-11-6-7/h1-6H,(H,10,12). The first-order valence-corrected chi connectivity index (χ1v) is 3.98. The molecule has 12 heavy (non-hydrogen) atoms. The van der Waals surface area contributed by atoms with Gasteiger partial charge in [0.1, 0.15) is 0 Å². The van der Waals surface area contributed by atoms with Crippen molar-refractivity contribution in [3.63, 3.8) is 0 Å². The molecule has 0 unspecified atom stereocenters. The Morgan fingerprint density at radius 1 is 1.33 bits per heavy atom. The molecular formula is C9H7NOS. The third kappa shape index (κ3) is 1.31. The summed E-state index contributed by atoms with van der Waals surface area (Å²) in [7, 11) is 0. The van der Waals surface area contributed by atoms with Gasteiger partial charge in [0.2, 0.25) is 0 Å². The molecule has 0 aliphatic carbocycles. The maximum absolute atomic E-state index is 5.02. The van der Waals surface area contributed by atoms with Crippen LogP contribution in [0.25, 0.3) is 11.3 Å². The smallest absolute Gasteiger partial charge is 0.0995 e. The van der Waals surface area contributed by atoms with Gasteiger partial charge in [-0.05, 0) is 18.2 Å². The molecule has 1 N–H and O–H groups in total. The number of rotatable bonds is 1. The highest BCUT2D eigenvalue weighted by Crippen LogP contribution is 2.16. The van der Waals surface area contributed by atoms with E-state index in [1.807, 2.05) is 24.4 Å². The van der Waals surface area contributed by atoms with Gasteiger partial charge in [-0.2, -0.15) is 0 Å². The van der Waals surface area contributed by atoms with Crippen LogP contribution >= 0.6 is 12.2 Å². The molecule has 0 aromatic carbocycles. The van der Waals surface area contributed by atoms with Crippen LogP contribution in [0.3, 0.4) is 0 Å². The zero-order chi connectivity index (χ0) is 8.39. The van der Waals surface area contributed by atoms with Gasteiger partial charge >= 0.3 is 0 Å². The molecular weight excluding hydrogens is 170 g/mol. The normalized spacial score (nSPS) is 10.0. The lowest BCUT2D eigenvalue weighted by molar-refractivity contribution is 0.568. The van der Waals surface area contributed by atoms with Gasteiger partial charge in [-0.1, -0.05) is 12.2 Å². The van der Waals surface area contributed by atoms with Gasteiger partial charge in [-0.3, -0.25) is 0 Å². The minimum atomic E-state index is 0.824. The van der Waals surface area contributed by atoms with Crippen LogP contribution in [-0.4, -0.2) is 4.98 Å². The van der Waals surface area contributed by atoms with Crippen molar-refractivity contribution in [2.75, 3.05) is 0 Å². The largest absolute Gasteiger partial charge is 0.472 e. The van der Waals surface area contributed by atoms with Crippen molar-refractivity contribution in [2.24, 2.45) is 0 Å². The van der Waals surface area contributed by atoms with Gasteiger partial charge in [0.25, 0.3) is 0 Å². The molecule has 0 atom stereocenters. The molecule has 0 amide bonds. The molecule has 0 saturated carbocycles. The molecule has 0 fully saturated rings. The van der Waals surface area contributed by atoms with Gasteiger partial charge in [-0.15, -0.1) is 0 Å². The highest BCUT2D eigenvalue weighted by atomic mass is 32.1. The Morgan fingerprint density at radius 2 is 2.25 bits per heavy atom. The summed E-state index contributed by atoms with van der Waals surface area (Å²) in [5.41, 5.74) is 2.00. The fourth-order valence-corrected chi connectivity index (χ4v) is 1.22. The Hall–Kier alpha value is -1.35. The van der Waals surface area contributed by atoms with Gasteiger partial charge in [0.15, 0.2) is 0 Å². The van der Waals surface area contributed by atoms with Crippen LogP contribution in [0.4, 0.5) is 0 Å². The third-order valence-corrected chi connectivity index (χ3v) is 1.86. The molecule has 0 saturated heterocycles. The molecule has 0 spiro atoms. The summed E-state index contributed by atoms with van der Waals surface area (Å²) in [4.78, 5) is 3.08. The maximum atomic E-state index is 5.02. The van der Waals surface area contributed by atoms with E-state index in [9.17, 15) is 0 Å². The van der Waals surface area contributed by atoms with Crippen LogP contribution in [0.5, 0.6) is 0 Å². The zero-order valence-electron chi connectivity index (χ0n) is 6.28. The maximum Gasteiger partial charge on any atom is 0.0995 e. The molecule has 2 aromatic rings. The van der Waals surface area contributed by atoms with Crippen LogP contribution in [0.2, 0.25) is 0 Å². The van der Waals surface area contributed by atoms with E-state index >= 15 is 0 Å². The molecule has 0 radical (unpaired) electrons. The van der Waals surface area contributed by atoms with Crippen molar-refractivity contribution >= 4 is 12.2 Å². The van der Waals surface area contributed by atoms with E-state index in [4.69, 9.17) is 16.6 Å². The lowest BCUT2D eigenvalue weighted by Crippen LogP contribution is -1.78. The van der Waals surface area contributed by atoms with Crippen molar-refractivity contribution < 1.29 is 4.42 Å². The Morgan fingerprint density at radius 3 is 2.92 bits per heavy atom. The van der Waals surface area contributed by atoms with E-state index in [0.717, 1.165) is 15.8 Å². The summed E-state index contributed by atoms with van der Waals surface area (Å²) in [5, 5.41) is 0. The van der Waals surface area contributed by atoms with E-state index in [-0.39, 0.29) is 0 Å². The minimum Gasteiger partial charge on any atom is -0.472 e. The lowest BCUT2D eigenvalue weighted by Gasteiger charge is -1.94. The second-order valence-electron chi connectivity index (χ2n) is 2.45. The van der Waals surface area contributed by atoms with Crippen molar-refractivity contribution in [2.45, 2.75) is 0 Å². The van der Waals surface area contributed by atoms with Crippen LogP contribution < -0.4 is 0 Å². The third-order valence-electron chi connectivity index (χ3n) is 1.61. The molecule has 2 nitrogen and oxygen atoms in total. The molecule has 3 heteroatoms. The van der Waals surface area contributed by atoms with E-state index < -0.39 is 0 Å². The summed E-state index contributed by atoms with van der Waals surface area (Å²) >= 11 is 5.02. The fraction of sp³-hybridized carbons (Fsp3) is 0. The van der Waals surface area contributed by atoms with Crippen molar-refractivity contribution in [1.82, 2.24) is 4.98 Å². The topological polar surface area (TPSA) is 28.9 Å². The molecule has 2 aromatic heterocycles. The number of H-pyrrole nitrogens is 1. The predicted octanol–water partition coefficient (Wildman–Crippen LogP) is 3.00. The number of aromatic amines is 1. The van der Waals surface area contributed by atoms with E-state index in [0.29, 0.717) is 0 Å². The second-order valence-corrected chi connectivity index (χ2v) is 2.92. The quantitative estimate of drug-likeness (QED) is 0.678. The summed E-state index contributed by atoms with van der Waals surface area (Å²) in [5.74, 6) is 0. The summed E-state index contributed by atoms with van der Waals surface area (Å²) in [6.45, 7) is 0. The Kier molecular flexibility index (Phi) is 1.80. The second kappa shape index (κ2) is 2.95. The summed E-state index contributed by atoms with van der Waals surface area (Å²) in [6.07, 6.45) is 5.14. The number of aromatic nitrogens is 1. The zero-order valence-corrected chi connectivity index (χ0v) is 7.10. The molecule has 0 bridgehead atoms. The fourth-order valence-electron chi connectivity index (χ4n) is 1.03. The Bertz CT molecular complexity index is 416. The molecule has 0 aliphatic rings. The Labute approximate surface area is 74.9 Å².